The summed E-state index contributed by atoms with van der Waals surface area (Å²) in [5, 5.41) is 0.623. The van der Waals surface area contributed by atoms with Gasteiger partial charge in [-0.2, -0.15) is 11.8 Å². The summed E-state index contributed by atoms with van der Waals surface area (Å²) in [6.45, 7) is 11.5. The average molecular weight is 469 g/mol. The van der Waals surface area contributed by atoms with Crippen LogP contribution in [0.5, 0.6) is 5.75 Å². The van der Waals surface area contributed by atoms with Gasteiger partial charge in [0.25, 0.3) is 0 Å². The zero-order valence-electron chi connectivity index (χ0n) is 20.5. The summed E-state index contributed by atoms with van der Waals surface area (Å²) in [6, 6.07) is 10.7. The van der Waals surface area contributed by atoms with Crippen molar-refractivity contribution in [2.45, 2.75) is 82.5 Å². The molecule has 0 saturated carbocycles. The minimum Gasteiger partial charge on any atom is -0.487 e. The third kappa shape index (κ3) is 6.03. The van der Waals surface area contributed by atoms with E-state index in [9.17, 15) is 4.79 Å². The van der Waals surface area contributed by atoms with E-state index in [1.807, 2.05) is 43.6 Å². The lowest BCUT2D eigenvalue weighted by Gasteiger charge is -2.44. The van der Waals surface area contributed by atoms with Crippen LogP contribution in [0.15, 0.2) is 36.5 Å². The van der Waals surface area contributed by atoms with E-state index < -0.39 is 5.60 Å². The zero-order chi connectivity index (χ0) is 23.6. The van der Waals surface area contributed by atoms with E-state index in [2.05, 4.69) is 44.2 Å². The SMILES string of the molecule is CC(C)SCc1ccc(-c2ccc3c(c2)CCC2(CCN(C(=O)OC(C)(C)C)CC2)O3)nc1. The molecule has 1 fully saturated rings. The van der Waals surface area contributed by atoms with Gasteiger partial charge in [0.2, 0.25) is 0 Å². The van der Waals surface area contributed by atoms with Gasteiger partial charge in [-0.05, 0) is 74.3 Å². The number of carbonyl (C=O) groups excluding carboxylic acids is 1. The number of likely N-dealkylation sites (tertiary alicyclic amines) is 1. The summed E-state index contributed by atoms with van der Waals surface area (Å²) >= 11 is 1.93. The van der Waals surface area contributed by atoms with Crippen molar-refractivity contribution < 1.29 is 14.3 Å². The molecule has 33 heavy (non-hydrogen) atoms. The summed E-state index contributed by atoms with van der Waals surface area (Å²) in [6.07, 6.45) is 5.41. The van der Waals surface area contributed by atoms with Crippen LogP contribution < -0.4 is 4.74 Å². The third-order valence-corrected chi connectivity index (χ3v) is 7.43. The molecule has 1 aromatic carbocycles. The number of thioether (sulfide) groups is 1. The number of nitrogens with zero attached hydrogens (tertiary/aromatic N) is 2. The summed E-state index contributed by atoms with van der Waals surface area (Å²) in [5.41, 5.74) is 4.00. The summed E-state index contributed by atoms with van der Waals surface area (Å²) in [5.74, 6) is 1.97. The van der Waals surface area contributed by atoms with E-state index in [-0.39, 0.29) is 11.7 Å². The van der Waals surface area contributed by atoms with Gasteiger partial charge in [-0.15, -0.1) is 0 Å². The lowest BCUT2D eigenvalue weighted by Crippen LogP contribution is -2.52. The van der Waals surface area contributed by atoms with Crippen molar-refractivity contribution in [3.8, 4) is 17.0 Å². The molecular weight excluding hydrogens is 432 g/mol. The molecule has 1 amide bonds. The Labute approximate surface area is 202 Å². The number of hydrogen-bond donors (Lipinski definition) is 0. The van der Waals surface area contributed by atoms with Gasteiger partial charge in [-0.1, -0.05) is 19.9 Å². The molecule has 1 saturated heterocycles. The first-order chi connectivity index (χ1) is 15.6. The maximum Gasteiger partial charge on any atom is 0.410 e. The molecular formula is C27H36N2O3S. The highest BCUT2D eigenvalue weighted by Gasteiger charge is 2.41. The molecule has 0 bridgehead atoms. The van der Waals surface area contributed by atoms with Crippen LogP contribution in [0.25, 0.3) is 11.3 Å². The van der Waals surface area contributed by atoms with Gasteiger partial charge in [-0.3, -0.25) is 4.98 Å². The number of carbonyl (C=O) groups is 1. The van der Waals surface area contributed by atoms with E-state index in [4.69, 9.17) is 14.5 Å². The molecule has 178 valence electrons. The molecule has 6 heteroatoms. The fraction of sp³-hybridized carbons (Fsp3) is 0.556. The van der Waals surface area contributed by atoms with Crippen molar-refractivity contribution in [1.82, 2.24) is 9.88 Å². The van der Waals surface area contributed by atoms with Crippen LogP contribution in [-0.4, -0.2) is 45.5 Å². The van der Waals surface area contributed by atoms with Gasteiger partial charge >= 0.3 is 6.09 Å². The molecule has 0 radical (unpaired) electrons. The molecule has 0 unspecified atom stereocenters. The molecule has 3 heterocycles. The number of aromatic nitrogens is 1. The monoisotopic (exact) mass is 468 g/mol. The minimum absolute atomic E-state index is 0.180. The van der Waals surface area contributed by atoms with Crippen LogP contribution in [-0.2, 0) is 16.9 Å². The van der Waals surface area contributed by atoms with Crippen molar-refractivity contribution in [1.29, 1.82) is 0 Å². The van der Waals surface area contributed by atoms with Gasteiger partial charge in [0.15, 0.2) is 0 Å². The van der Waals surface area contributed by atoms with E-state index in [0.717, 1.165) is 48.4 Å². The first kappa shape index (κ1) is 23.9. The molecule has 2 aliphatic heterocycles. The number of hydrogen-bond acceptors (Lipinski definition) is 5. The number of aryl methyl sites for hydroxylation is 1. The Hall–Kier alpha value is -2.21. The van der Waals surface area contributed by atoms with E-state index in [1.165, 1.54) is 11.1 Å². The van der Waals surface area contributed by atoms with Gasteiger partial charge < -0.3 is 14.4 Å². The lowest BCUT2D eigenvalue weighted by molar-refractivity contribution is -0.0272. The number of rotatable bonds is 4. The Morgan fingerprint density at radius 3 is 2.58 bits per heavy atom. The maximum atomic E-state index is 12.4. The molecule has 0 N–H and O–H groups in total. The highest BCUT2D eigenvalue weighted by Crippen LogP contribution is 2.40. The van der Waals surface area contributed by atoms with Gasteiger partial charge in [0.05, 0.1) is 5.69 Å². The number of ether oxygens (including phenoxy) is 2. The van der Waals surface area contributed by atoms with E-state index in [1.54, 1.807) is 0 Å². The highest BCUT2D eigenvalue weighted by atomic mass is 32.2. The molecule has 0 aliphatic carbocycles. The third-order valence-electron chi connectivity index (χ3n) is 6.27. The van der Waals surface area contributed by atoms with Crippen LogP contribution in [0, 0.1) is 0 Å². The van der Waals surface area contributed by atoms with E-state index in [0.29, 0.717) is 18.3 Å². The standard InChI is InChI=1S/C27H36N2O3S/c1-19(2)33-18-20-6-8-23(28-17-20)21-7-9-24-22(16-21)10-11-27(31-24)12-14-29(15-13-27)25(30)32-26(3,4)5/h6-9,16-17,19H,10-15,18H2,1-5H3. The van der Waals surface area contributed by atoms with Crippen molar-refractivity contribution in [3.05, 3.63) is 47.7 Å². The van der Waals surface area contributed by atoms with Crippen LogP contribution in [0.2, 0.25) is 0 Å². The van der Waals surface area contributed by atoms with Gasteiger partial charge in [-0.25, -0.2) is 4.79 Å². The fourth-order valence-electron chi connectivity index (χ4n) is 4.40. The molecule has 2 aromatic rings. The number of amides is 1. The second-order valence-electron chi connectivity index (χ2n) is 10.5. The van der Waals surface area contributed by atoms with Gasteiger partial charge in [0, 0.05) is 43.4 Å². The maximum absolute atomic E-state index is 12.4. The Kier molecular flexibility index (Phi) is 6.94. The van der Waals surface area contributed by atoms with Crippen LogP contribution in [0.1, 0.15) is 65.0 Å². The smallest absolute Gasteiger partial charge is 0.410 e. The Morgan fingerprint density at radius 1 is 1.18 bits per heavy atom. The van der Waals surface area contributed by atoms with Crippen molar-refractivity contribution in [2.75, 3.05) is 13.1 Å². The largest absolute Gasteiger partial charge is 0.487 e. The Bertz CT molecular complexity index is 974. The molecule has 1 spiro atoms. The number of fused-ring (bicyclic) bond motifs is 1. The minimum atomic E-state index is -0.466. The summed E-state index contributed by atoms with van der Waals surface area (Å²) in [4.78, 5) is 18.9. The lowest BCUT2D eigenvalue weighted by atomic mass is 9.83. The van der Waals surface area contributed by atoms with Crippen LogP contribution in [0.4, 0.5) is 4.79 Å². The van der Waals surface area contributed by atoms with Crippen molar-refractivity contribution in [3.63, 3.8) is 0 Å². The van der Waals surface area contributed by atoms with Crippen molar-refractivity contribution in [2.24, 2.45) is 0 Å². The van der Waals surface area contributed by atoms with E-state index >= 15 is 0 Å². The normalized spacial score (nSPS) is 17.6. The van der Waals surface area contributed by atoms with Crippen molar-refractivity contribution >= 4 is 17.9 Å². The topological polar surface area (TPSA) is 51.7 Å². The molecule has 1 aromatic heterocycles. The predicted molar refractivity (Wildman–Crippen MR) is 135 cm³/mol. The summed E-state index contributed by atoms with van der Waals surface area (Å²) in [7, 11) is 0. The van der Waals surface area contributed by atoms with Gasteiger partial charge in [0.1, 0.15) is 17.0 Å². The number of piperidine rings is 1. The molecule has 5 nitrogen and oxygen atoms in total. The molecule has 2 aliphatic rings. The second-order valence-corrected chi connectivity index (χ2v) is 12.1. The summed E-state index contributed by atoms with van der Waals surface area (Å²) < 4.78 is 12.1. The quantitative estimate of drug-likeness (QED) is 0.514. The number of pyridine rings is 1. The molecule has 4 rings (SSSR count). The highest BCUT2D eigenvalue weighted by molar-refractivity contribution is 7.99. The first-order valence-electron chi connectivity index (χ1n) is 12.0. The van der Waals surface area contributed by atoms with Crippen LogP contribution >= 0.6 is 11.8 Å². The number of benzene rings is 1. The Balaban J connectivity index is 1.38. The predicted octanol–water partition coefficient (Wildman–Crippen LogP) is 6.48. The fourth-order valence-corrected chi connectivity index (χ4v) is 5.10. The van der Waals surface area contributed by atoms with Crippen LogP contribution in [0.3, 0.4) is 0 Å². The Morgan fingerprint density at radius 2 is 1.94 bits per heavy atom. The zero-order valence-corrected chi connectivity index (χ0v) is 21.3. The average Bonchev–Trinajstić information content (AvgIpc) is 2.77. The molecule has 0 atom stereocenters. The second kappa shape index (κ2) is 9.57. The first-order valence-corrected chi connectivity index (χ1v) is 13.0.